The smallest absolute Gasteiger partial charge is 0.214 e. The third-order valence-corrected chi connectivity index (χ3v) is 4.03. The second-order valence-corrected chi connectivity index (χ2v) is 7.58. The first-order chi connectivity index (χ1) is 8.29. The first-order valence-corrected chi connectivity index (χ1v) is 9.16. The molecule has 19 heavy (non-hydrogen) atoms. The van der Waals surface area contributed by atoms with Gasteiger partial charge in [0.2, 0.25) is 0 Å². The van der Waals surface area contributed by atoms with Crippen LogP contribution < -0.4 is 0 Å². The van der Waals surface area contributed by atoms with Crippen LogP contribution in [-0.2, 0) is 23.5 Å². The molecule has 0 saturated heterocycles. The van der Waals surface area contributed by atoms with E-state index in [0.29, 0.717) is 0 Å². The van der Waals surface area contributed by atoms with Gasteiger partial charge in [-0.3, -0.25) is 0 Å². The maximum atomic E-state index is 2.40. The maximum absolute atomic E-state index is 2.40. The summed E-state index contributed by atoms with van der Waals surface area (Å²) < 4.78 is 0. The van der Waals surface area contributed by atoms with E-state index in [2.05, 4.69) is 37.4 Å². The van der Waals surface area contributed by atoms with Gasteiger partial charge in [0.05, 0.1) is 0 Å². The summed E-state index contributed by atoms with van der Waals surface area (Å²) in [6.07, 6.45) is 4.08. The van der Waals surface area contributed by atoms with Crippen LogP contribution in [0.2, 0.25) is 19.1 Å². The van der Waals surface area contributed by atoms with Gasteiger partial charge in [0.1, 0.15) is 0 Å². The first kappa shape index (κ1) is 20.7. The van der Waals surface area contributed by atoms with Gasteiger partial charge in [-0.25, -0.2) is 24.3 Å². The number of unbranched alkanes of at least 4 members (excludes halogenated alkanes) is 1. The van der Waals surface area contributed by atoms with Gasteiger partial charge in [0.25, 0.3) is 0 Å². The Kier molecular flexibility index (Phi) is 15.1. The molecule has 0 aliphatic heterocycles. The van der Waals surface area contributed by atoms with Crippen molar-refractivity contribution < 1.29 is 17.1 Å². The van der Waals surface area contributed by atoms with Crippen molar-refractivity contribution in [2.75, 3.05) is 0 Å². The third-order valence-electron chi connectivity index (χ3n) is 2.68. The van der Waals surface area contributed by atoms with Crippen LogP contribution in [0.15, 0.2) is 54.6 Å². The summed E-state index contributed by atoms with van der Waals surface area (Å²) in [6.45, 7) is 4.79. The Morgan fingerprint density at radius 1 is 1.00 bits per heavy atom. The van der Waals surface area contributed by atoms with Gasteiger partial charge < -0.3 is 0 Å². The minimum Gasteiger partial charge on any atom is -0.214 e. The average molecular weight is 315 g/mol. The fraction of sp³-hybridized carbons (Fsp3) is 0.412. The fourth-order valence-corrected chi connectivity index (χ4v) is 2.67. The van der Waals surface area contributed by atoms with Gasteiger partial charge >= 0.3 is 17.1 Å². The van der Waals surface area contributed by atoms with Gasteiger partial charge in [-0.1, -0.05) is 45.8 Å². The number of hydrogen-bond acceptors (Lipinski definition) is 0. The molecule has 1 radical (unpaired) electrons. The molecule has 0 unspecified atom stereocenters. The quantitative estimate of drug-likeness (QED) is 0.387. The summed E-state index contributed by atoms with van der Waals surface area (Å²) in [5.74, 6) is 0. The molecule has 0 heterocycles. The summed E-state index contributed by atoms with van der Waals surface area (Å²) in [4.78, 5) is 0. The van der Waals surface area contributed by atoms with E-state index in [1.807, 2.05) is 30.3 Å². The largest absolute Gasteiger partial charge is 2.00 e. The predicted octanol–water partition coefficient (Wildman–Crippen LogP) is 5.52. The van der Waals surface area contributed by atoms with Crippen LogP contribution >= 0.6 is 0 Å². The Labute approximate surface area is 132 Å². The monoisotopic (exact) mass is 315 g/mol. The van der Waals surface area contributed by atoms with Crippen molar-refractivity contribution in [3.05, 3.63) is 60.2 Å². The number of rotatable bonds is 5. The normalized spacial score (nSPS) is 9.00. The van der Waals surface area contributed by atoms with E-state index in [9.17, 15) is 0 Å². The molecule has 2 heteroatoms. The number of aryl methyl sites for hydroxylation is 1. The standard InChI is InChI=1S/C11H18Si.C5H5.CH4.Fe/c1-12(2)10-6-5-9-11-7-3-4-8-11;1-2-4-5-3-1;;/h3-4,7-8H,5-6,9-10H2,1-2H3;1-5H;1H4;/q2*-1;;+2. The molecular formula is C17H27FeSi. The van der Waals surface area contributed by atoms with E-state index < -0.39 is 0 Å². The van der Waals surface area contributed by atoms with E-state index in [1.165, 1.54) is 30.9 Å². The zero-order valence-corrected chi connectivity index (χ0v) is 13.5. The predicted molar refractivity (Wildman–Crippen MR) is 86.0 cm³/mol. The number of hydrogen-bond donors (Lipinski definition) is 0. The second kappa shape index (κ2) is 13.9. The van der Waals surface area contributed by atoms with Crippen molar-refractivity contribution in [2.24, 2.45) is 0 Å². The molecule has 0 bridgehead atoms. The van der Waals surface area contributed by atoms with Crippen LogP contribution in [0.4, 0.5) is 0 Å². The molecule has 0 amide bonds. The van der Waals surface area contributed by atoms with Crippen molar-refractivity contribution >= 4 is 8.80 Å². The topological polar surface area (TPSA) is 0 Å². The van der Waals surface area contributed by atoms with Crippen molar-refractivity contribution in [1.29, 1.82) is 0 Å². The van der Waals surface area contributed by atoms with E-state index >= 15 is 0 Å². The van der Waals surface area contributed by atoms with Crippen molar-refractivity contribution in [3.63, 3.8) is 0 Å². The fourth-order valence-electron chi connectivity index (χ4n) is 1.71. The Hall–Kier alpha value is -0.564. The van der Waals surface area contributed by atoms with Gasteiger partial charge in [-0.05, 0) is 0 Å². The summed E-state index contributed by atoms with van der Waals surface area (Å²) in [5, 5.41) is 0. The first-order valence-electron chi connectivity index (χ1n) is 6.45. The molecule has 0 atom stereocenters. The molecule has 107 valence electrons. The Bertz CT molecular complexity index is 318. The van der Waals surface area contributed by atoms with Crippen LogP contribution in [0.5, 0.6) is 0 Å². The Balaban J connectivity index is 0. The van der Waals surface area contributed by atoms with Crippen LogP contribution in [0.25, 0.3) is 0 Å². The van der Waals surface area contributed by atoms with Gasteiger partial charge in [-0.2, -0.15) is 35.9 Å². The Morgan fingerprint density at radius 2 is 1.68 bits per heavy atom. The van der Waals surface area contributed by atoms with Crippen molar-refractivity contribution in [3.8, 4) is 0 Å². The zero-order valence-electron chi connectivity index (χ0n) is 11.4. The third kappa shape index (κ3) is 12.2. The molecule has 2 aromatic carbocycles. The molecule has 0 nitrogen and oxygen atoms in total. The van der Waals surface area contributed by atoms with E-state index in [-0.39, 0.29) is 33.3 Å². The molecule has 2 rings (SSSR count). The van der Waals surface area contributed by atoms with E-state index in [4.69, 9.17) is 0 Å². The summed E-state index contributed by atoms with van der Waals surface area (Å²) >= 11 is 0. The minimum absolute atomic E-state index is 0. The average Bonchev–Trinajstić information content (AvgIpc) is 2.99. The molecule has 0 aliphatic carbocycles. The molecule has 0 saturated carbocycles. The Morgan fingerprint density at radius 3 is 2.11 bits per heavy atom. The van der Waals surface area contributed by atoms with Crippen molar-refractivity contribution in [1.82, 2.24) is 0 Å². The van der Waals surface area contributed by atoms with Gasteiger partial charge in [0, 0.05) is 8.80 Å². The molecule has 0 spiro atoms. The van der Waals surface area contributed by atoms with Crippen LogP contribution in [0.1, 0.15) is 25.8 Å². The molecule has 2 aromatic rings. The van der Waals surface area contributed by atoms with E-state index in [1.54, 1.807) is 0 Å². The van der Waals surface area contributed by atoms with Crippen LogP contribution in [0.3, 0.4) is 0 Å². The van der Waals surface area contributed by atoms with Crippen LogP contribution in [0, 0.1) is 0 Å². The molecular weight excluding hydrogens is 288 g/mol. The summed E-state index contributed by atoms with van der Waals surface area (Å²) in [7, 11) is 0.0248. The molecule has 0 aromatic heterocycles. The zero-order chi connectivity index (χ0) is 12.3. The maximum Gasteiger partial charge on any atom is 2.00 e. The molecule has 0 aliphatic rings. The van der Waals surface area contributed by atoms with Crippen LogP contribution in [-0.4, -0.2) is 8.80 Å². The van der Waals surface area contributed by atoms with Crippen molar-refractivity contribution in [2.45, 2.75) is 45.8 Å². The summed E-state index contributed by atoms with van der Waals surface area (Å²) in [6, 6.07) is 20.2. The van der Waals surface area contributed by atoms with Gasteiger partial charge in [0.15, 0.2) is 0 Å². The molecule has 0 N–H and O–H groups in total. The summed E-state index contributed by atoms with van der Waals surface area (Å²) in [5.41, 5.74) is 1.51. The minimum atomic E-state index is 0. The second-order valence-electron chi connectivity index (χ2n) is 4.67. The van der Waals surface area contributed by atoms with Gasteiger partial charge in [-0.15, -0.1) is 0 Å². The van der Waals surface area contributed by atoms with E-state index in [0.717, 1.165) is 0 Å². The SMILES string of the molecule is C.C[Si](C)CCCCc1ccc[cH-]1.[Fe+2].c1cc[cH-]c1. The molecule has 0 fully saturated rings.